The third-order valence-corrected chi connectivity index (χ3v) is 5.11. The van der Waals surface area contributed by atoms with Gasteiger partial charge in [0.25, 0.3) is 0 Å². The van der Waals surface area contributed by atoms with Crippen LogP contribution >= 0.6 is 0 Å². The molecule has 0 saturated carbocycles. The highest BCUT2D eigenvalue weighted by molar-refractivity contribution is 5.92. The first kappa shape index (κ1) is 23.8. The van der Waals surface area contributed by atoms with Crippen LogP contribution in [0.1, 0.15) is 39.8 Å². The summed E-state index contributed by atoms with van der Waals surface area (Å²) >= 11 is 0. The first-order valence-corrected chi connectivity index (χ1v) is 10.9. The van der Waals surface area contributed by atoms with Crippen LogP contribution in [0.5, 0.6) is 5.75 Å². The van der Waals surface area contributed by atoms with E-state index in [0.29, 0.717) is 30.4 Å². The molecule has 0 fully saturated rings. The van der Waals surface area contributed by atoms with Crippen molar-refractivity contribution in [2.75, 3.05) is 20.8 Å². The molecule has 0 atom stereocenters. The van der Waals surface area contributed by atoms with Gasteiger partial charge in [0, 0.05) is 18.8 Å². The largest absolute Gasteiger partial charge is 0.496 e. The molecule has 0 aliphatic heterocycles. The Morgan fingerprint density at radius 2 is 1.88 bits per heavy atom. The molecule has 2 aromatic carbocycles. The second-order valence-electron chi connectivity index (χ2n) is 7.54. The van der Waals surface area contributed by atoms with E-state index in [1.54, 1.807) is 12.1 Å². The third-order valence-electron chi connectivity index (χ3n) is 5.11. The number of hydrogen-bond acceptors (Lipinski definition) is 5. The lowest BCUT2D eigenvalue weighted by atomic mass is 10.1. The van der Waals surface area contributed by atoms with Crippen LogP contribution in [-0.2, 0) is 17.8 Å². The van der Waals surface area contributed by atoms with Crippen molar-refractivity contribution in [1.29, 1.82) is 0 Å². The number of hydrogen-bond donors (Lipinski definition) is 2. The van der Waals surface area contributed by atoms with Gasteiger partial charge >= 0.3 is 5.97 Å². The number of carbonyl (C=O) groups excluding carboxylic acids is 1. The van der Waals surface area contributed by atoms with Crippen molar-refractivity contribution in [3.8, 4) is 11.4 Å². The molecule has 0 bridgehead atoms. The molecule has 1 heterocycles. The summed E-state index contributed by atoms with van der Waals surface area (Å²) in [5, 5.41) is 11.3. The minimum atomic E-state index is -0.441. The smallest absolute Gasteiger partial charge is 0.341 e. The van der Waals surface area contributed by atoms with Crippen molar-refractivity contribution in [2.45, 2.75) is 33.9 Å². The number of aliphatic imine (C=N–C) groups is 1. The average Bonchev–Trinajstić information content (AvgIpc) is 3.17. The quantitative estimate of drug-likeness (QED) is 0.311. The van der Waals surface area contributed by atoms with Crippen LogP contribution in [0.2, 0.25) is 0 Å². The van der Waals surface area contributed by atoms with Gasteiger partial charge in [-0.1, -0.05) is 24.3 Å². The van der Waals surface area contributed by atoms with E-state index in [9.17, 15) is 4.79 Å². The molecule has 174 valence electrons. The molecule has 0 saturated heterocycles. The zero-order valence-corrected chi connectivity index (χ0v) is 19.8. The number of methoxy groups -OCH3 is 2. The van der Waals surface area contributed by atoms with Crippen molar-refractivity contribution in [2.24, 2.45) is 4.99 Å². The van der Waals surface area contributed by atoms with E-state index in [-0.39, 0.29) is 0 Å². The molecule has 3 rings (SSSR count). The first-order chi connectivity index (χ1) is 16.0. The Hall–Kier alpha value is -3.81. The van der Waals surface area contributed by atoms with Gasteiger partial charge in [0.1, 0.15) is 11.3 Å². The Morgan fingerprint density at radius 1 is 1.09 bits per heavy atom. The number of ether oxygens (including phenoxy) is 2. The Bertz CT molecular complexity index is 1140. The number of nitrogens with zero attached hydrogens (tertiary/aromatic N) is 3. The van der Waals surface area contributed by atoms with Crippen LogP contribution < -0.4 is 15.4 Å². The molecule has 8 nitrogen and oxygen atoms in total. The maximum Gasteiger partial charge on any atom is 0.341 e. The van der Waals surface area contributed by atoms with Crippen LogP contribution in [0.15, 0.2) is 53.5 Å². The molecule has 0 amide bonds. The van der Waals surface area contributed by atoms with Gasteiger partial charge in [-0.3, -0.25) is 0 Å². The van der Waals surface area contributed by atoms with Crippen LogP contribution in [-0.4, -0.2) is 42.5 Å². The predicted molar refractivity (Wildman–Crippen MR) is 129 cm³/mol. The maximum atomic E-state index is 12.0. The van der Waals surface area contributed by atoms with Gasteiger partial charge < -0.3 is 20.1 Å². The molecular weight excluding hydrogens is 418 g/mol. The Kier molecular flexibility index (Phi) is 8.07. The number of aromatic nitrogens is 2. The van der Waals surface area contributed by atoms with Crippen molar-refractivity contribution in [3.63, 3.8) is 0 Å². The Balaban J connectivity index is 1.78. The molecule has 0 aliphatic carbocycles. The van der Waals surface area contributed by atoms with E-state index in [4.69, 9.17) is 9.47 Å². The molecule has 8 heteroatoms. The van der Waals surface area contributed by atoms with Crippen molar-refractivity contribution in [3.05, 3.63) is 76.6 Å². The fourth-order valence-electron chi connectivity index (χ4n) is 3.55. The van der Waals surface area contributed by atoms with Crippen molar-refractivity contribution in [1.82, 2.24) is 20.4 Å². The standard InChI is InChI=1S/C25H31N5O3/c1-6-26-25(27-15-19-11-12-23(32-4)21(14-19)24(31)33-5)28-16-20-9-7-8-10-22(20)30-18(3)13-17(2)29-30/h7-14H,6,15-16H2,1-5H3,(H2,26,27,28). The number of aryl methyl sites for hydroxylation is 2. The van der Waals surface area contributed by atoms with Gasteiger partial charge in [-0.2, -0.15) is 5.10 Å². The monoisotopic (exact) mass is 449 g/mol. The summed E-state index contributed by atoms with van der Waals surface area (Å²) in [6, 6.07) is 15.6. The summed E-state index contributed by atoms with van der Waals surface area (Å²) in [6.45, 7) is 7.75. The third kappa shape index (κ3) is 5.91. The number of para-hydroxylation sites is 1. The summed E-state index contributed by atoms with van der Waals surface area (Å²) in [4.78, 5) is 16.7. The minimum Gasteiger partial charge on any atom is -0.496 e. The normalized spacial score (nSPS) is 11.2. The van der Waals surface area contributed by atoms with Crippen LogP contribution in [0.25, 0.3) is 5.69 Å². The highest BCUT2D eigenvalue weighted by Gasteiger charge is 2.14. The molecular formula is C25H31N5O3. The molecule has 0 unspecified atom stereocenters. The van der Waals surface area contributed by atoms with Gasteiger partial charge in [-0.25, -0.2) is 14.5 Å². The lowest BCUT2D eigenvalue weighted by molar-refractivity contribution is 0.0597. The summed E-state index contributed by atoms with van der Waals surface area (Å²) in [5.41, 5.74) is 5.45. The highest BCUT2D eigenvalue weighted by atomic mass is 16.5. The van der Waals surface area contributed by atoms with Crippen molar-refractivity contribution >= 4 is 11.9 Å². The fourth-order valence-corrected chi connectivity index (χ4v) is 3.55. The molecule has 0 spiro atoms. The lowest BCUT2D eigenvalue weighted by Crippen LogP contribution is -2.37. The van der Waals surface area contributed by atoms with Gasteiger partial charge in [0.05, 0.1) is 32.1 Å². The van der Waals surface area contributed by atoms with E-state index in [0.717, 1.165) is 34.7 Å². The number of nitrogens with one attached hydrogen (secondary N) is 2. The summed E-state index contributed by atoms with van der Waals surface area (Å²) in [6.07, 6.45) is 0. The average molecular weight is 450 g/mol. The highest BCUT2D eigenvalue weighted by Crippen LogP contribution is 2.21. The Labute approximate surface area is 194 Å². The summed E-state index contributed by atoms with van der Waals surface area (Å²) < 4.78 is 12.1. The molecule has 0 aliphatic rings. The predicted octanol–water partition coefficient (Wildman–Crippen LogP) is 3.54. The van der Waals surface area contributed by atoms with Gasteiger partial charge in [0.2, 0.25) is 0 Å². The second-order valence-corrected chi connectivity index (χ2v) is 7.54. The molecule has 33 heavy (non-hydrogen) atoms. The number of guanidine groups is 1. The van der Waals surface area contributed by atoms with Crippen LogP contribution in [0.4, 0.5) is 0 Å². The van der Waals surface area contributed by atoms with E-state index in [2.05, 4.69) is 38.9 Å². The molecule has 2 N–H and O–H groups in total. The Morgan fingerprint density at radius 3 is 2.55 bits per heavy atom. The molecule has 0 radical (unpaired) electrons. The molecule has 3 aromatic rings. The SMILES string of the molecule is CCNC(=NCc1ccc(OC)c(C(=O)OC)c1)NCc1ccccc1-n1nc(C)cc1C. The minimum absolute atomic E-state index is 0.379. The van der Waals surface area contributed by atoms with E-state index in [1.165, 1.54) is 14.2 Å². The first-order valence-electron chi connectivity index (χ1n) is 10.9. The van der Waals surface area contributed by atoms with E-state index < -0.39 is 5.97 Å². The second kappa shape index (κ2) is 11.2. The zero-order chi connectivity index (χ0) is 23.8. The van der Waals surface area contributed by atoms with E-state index >= 15 is 0 Å². The molecule has 1 aromatic heterocycles. The lowest BCUT2D eigenvalue weighted by Gasteiger charge is -2.15. The summed E-state index contributed by atoms with van der Waals surface area (Å²) in [7, 11) is 2.88. The number of benzene rings is 2. The number of rotatable bonds is 8. The number of esters is 1. The maximum absolute atomic E-state index is 12.0. The van der Waals surface area contributed by atoms with Gasteiger partial charge in [-0.15, -0.1) is 0 Å². The zero-order valence-electron chi connectivity index (χ0n) is 19.8. The van der Waals surface area contributed by atoms with E-state index in [1.807, 2.05) is 43.7 Å². The van der Waals surface area contributed by atoms with Gasteiger partial charge in [-0.05, 0) is 56.2 Å². The topological polar surface area (TPSA) is 89.8 Å². The van der Waals surface area contributed by atoms with Crippen molar-refractivity contribution < 1.29 is 14.3 Å². The van der Waals surface area contributed by atoms with Crippen LogP contribution in [0, 0.1) is 13.8 Å². The fraction of sp³-hybridized carbons (Fsp3) is 0.320. The summed E-state index contributed by atoms with van der Waals surface area (Å²) in [5.74, 6) is 0.708. The number of carbonyl (C=O) groups is 1. The van der Waals surface area contributed by atoms with Gasteiger partial charge in [0.15, 0.2) is 5.96 Å². The van der Waals surface area contributed by atoms with Crippen LogP contribution in [0.3, 0.4) is 0 Å².